The number of carbonyl (C=O) groups excluding carboxylic acids is 1. The predicted octanol–water partition coefficient (Wildman–Crippen LogP) is 4.59. The van der Waals surface area contributed by atoms with E-state index in [1.54, 1.807) is 18.2 Å². The number of halogens is 2. The van der Waals surface area contributed by atoms with Gasteiger partial charge in [0, 0.05) is 0 Å². The third kappa shape index (κ3) is 4.14. The number of hydrogen-bond donors (Lipinski definition) is 1. The summed E-state index contributed by atoms with van der Waals surface area (Å²) in [5.74, 6) is -1.01. The van der Waals surface area contributed by atoms with Gasteiger partial charge < -0.3 is 10.1 Å². The number of rotatable bonds is 5. The molecule has 10 heteroatoms. The zero-order chi connectivity index (χ0) is 23.2. The van der Waals surface area contributed by atoms with Crippen molar-refractivity contribution in [2.45, 2.75) is 23.7 Å². The van der Waals surface area contributed by atoms with Crippen LogP contribution < -0.4 is 14.4 Å². The molecule has 1 aromatic heterocycles. The summed E-state index contributed by atoms with van der Waals surface area (Å²) in [6.07, 6.45) is 3.43. The van der Waals surface area contributed by atoms with Crippen LogP contribution in [0.1, 0.15) is 34.7 Å². The van der Waals surface area contributed by atoms with Crippen LogP contribution in [0.2, 0.25) is 5.02 Å². The summed E-state index contributed by atoms with van der Waals surface area (Å²) in [6, 6.07) is 12.3. The van der Waals surface area contributed by atoms with E-state index in [2.05, 4.69) is 10.3 Å². The Morgan fingerprint density at radius 2 is 1.97 bits per heavy atom. The number of ether oxygens (including phenoxy) is 1. The lowest BCUT2D eigenvalue weighted by atomic mass is 10.1. The lowest BCUT2D eigenvalue weighted by molar-refractivity contribution is 0.102. The molecule has 170 valence electrons. The fourth-order valence-corrected chi connectivity index (χ4v) is 5.52. The molecular formula is C23H19ClFN3O4S. The minimum atomic E-state index is -3.89. The van der Waals surface area contributed by atoms with Gasteiger partial charge in [0.05, 0.1) is 33.9 Å². The minimum absolute atomic E-state index is 0.0403. The maximum Gasteiger partial charge on any atom is 0.264 e. The average Bonchev–Trinajstić information content (AvgIpc) is 3.64. The highest BCUT2D eigenvalue weighted by molar-refractivity contribution is 7.92. The Morgan fingerprint density at radius 3 is 2.73 bits per heavy atom. The topological polar surface area (TPSA) is 88.6 Å². The third-order valence-corrected chi connectivity index (χ3v) is 7.70. The van der Waals surface area contributed by atoms with Gasteiger partial charge in [0.25, 0.3) is 15.9 Å². The van der Waals surface area contributed by atoms with Crippen molar-refractivity contribution in [3.63, 3.8) is 0 Å². The van der Waals surface area contributed by atoms with Crippen molar-refractivity contribution in [1.82, 2.24) is 4.98 Å². The second kappa shape index (κ2) is 8.31. The van der Waals surface area contributed by atoms with Gasteiger partial charge in [-0.1, -0.05) is 29.8 Å². The fourth-order valence-electron chi connectivity index (χ4n) is 3.78. The molecule has 0 radical (unpaired) electrons. The van der Waals surface area contributed by atoms with Crippen molar-refractivity contribution in [1.29, 1.82) is 0 Å². The van der Waals surface area contributed by atoms with Crippen LogP contribution in [-0.4, -0.2) is 32.5 Å². The first kappa shape index (κ1) is 21.7. The van der Waals surface area contributed by atoms with Gasteiger partial charge in [-0.3, -0.25) is 9.10 Å². The van der Waals surface area contributed by atoms with Crippen LogP contribution in [0.15, 0.2) is 59.6 Å². The number of nitrogens with one attached hydrogen (secondary N) is 1. The maximum atomic E-state index is 14.1. The second-order valence-corrected chi connectivity index (χ2v) is 10.1. The van der Waals surface area contributed by atoms with Gasteiger partial charge in [0.15, 0.2) is 0 Å². The lowest BCUT2D eigenvalue weighted by Gasteiger charge is -2.30. The summed E-state index contributed by atoms with van der Waals surface area (Å²) < 4.78 is 47.8. The number of sulfonamides is 1. The van der Waals surface area contributed by atoms with Crippen LogP contribution in [0.25, 0.3) is 0 Å². The first-order chi connectivity index (χ1) is 15.8. The Kier molecular flexibility index (Phi) is 5.46. The molecule has 1 aliphatic carbocycles. The van der Waals surface area contributed by atoms with Crippen molar-refractivity contribution in [2.75, 3.05) is 22.8 Å². The number of amides is 1. The summed E-state index contributed by atoms with van der Waals surface area (Å²) in [7, 11) is -3.89. The van der Waals surface area contributed by atoms with E-state index in [0.717, 1.165) is 24.5 Å². The van der Waals surface area contributed by atoms with Gasteiger partial charge in [-0.15, -0.1) is 0 Å². The number of aromatic nitrogens is 1. The molecule has 1 N–H and O–H groups in total. The van der Waals surface area contributed by atoms with Gasteiger partial charge >= 0.3 is 0 Å². The van der Waals surface area contributed by atoms with Crippen LogP contribution in [0.4, 0.5) is 15.8 Å². The van der Waals surface area contributed by atoms with E-state index in [9.17, 15) is 17.6 Å². The van der Waals surface area contributed by atoms with E-state index in [1.807, 2.05) is 6.07 Å². The summed E-state index contributed by atoms with van der Waals surface area (Å²) in [5.41, 5.74) is 1.06. The van der Waals surface area contributed by atoms with Crippen LogP contribution in [0.5, 0.6) is 5.88 Å². The molecule has 33 heavy (non-hydrogen) atoms. The van der Waals surface area contributed by atoms with E-state index in [1.165, 1.54) is 28.7 Å². The van der Waals surface area contributed by atoms with Crippen molar-refractivity contribution in [2.24, 2.45) is 0 Å². The highest BCUT2D eigenvalue weighted by Crippen LogP contribution is 2.41. The Hall–Kier alpha value is -3.17. The summed E-state index contributed by atoms with van der Waals surface area (Å²) in [5, 5.41) is 2.49. The summed E-state index contributed by atoms with van der Waals surface area (Å²) >= 11 is 5.97. The molecule has 1 fully saturated rings. The molecule has 0 atom stereocenters. The zero-order valence-corrected chi connectivity index (χ0v) is 18.9. The molecular weight excluding hydrogens is 469 g/mol. The monoisotopic (exact) mass is 487 g/mol. The van der Waals surface area contributed by atoms with Crippen molar-refractivity contribution in [3.05, 3.63) is 76.7 Å². The molecule has 1 saturated carbocycles. The number of nitrogens with zero attached hydrogens (tertiary/aromatic N) is 2. The molecule has 2 aromatic carbocycles. The number of carbonyl (C=O) groups is 1. The Bertz CT molecular complexity index is 1340. The Balaban J connectivity index is 1.47. The summed E-state index contributed by atoms with van der Waals surface area (Å²) in [4.78, 5) is 16.9. The third-order valence-electron chi connectivity index (χ3n) is 5.58. The smallest absolute Gasteiger partial charge is 0.264 e. The second-order valence-electron chi connectivity index (χ2n) is 7.87. The Morgan fingerprint density at radius 1 is 1.18 bits per heavy atom. The quantitative estimate of drug-likeness (QED) is 0.568. The maximum absolute atomic E-state index is 14.1. The van der Waals surface area contributed by atoms with Gasteiger partial charge in [0.2, 0.25) is 5.88 Å². The van der Waals surface area contributed by atoms with Crippen LogP contribution >= 0.6 is 11.6 Å². The number of benzene rings is 2. The van der Waals surface area contributed by atoms with Gasteiger partial charge in [-0.2, -0.15) is 0 Å². The van der Waals surface area contributed by atoms with Crippen LogP contribution in [0, 0.1) is 5.82 Å². The molecule has 0 bridgehead atoms. The number of fused-ring (bicyclic) bond motifs is 1. The SMILES string of the molecule is O=C(Nc1cnc2c(c1)N(S(=O)(=O)c1cccc(C3CC3)c1)CCO2)c1c(F)cccc1Cl. The van der Waals surface area contributed by atoms with E-state index in [0.29, 0.717) is 5.92 Å². The molecule has 5 rings (SSSR count). The molecule has 0 saturated heterocycles. The number of pyridine rings is 1. The van der Waals surface area contributed by atoms with Crippen molar-refractivity contribution >= 4 is 38.9 Å². The van der Waals surface area contributed by atoms with E-state index < -0.39 is 21.7 Å². The molecule has 1 aliphatic heterocycles. The van der Waals surface area contributed by atoms with Crippen LogP contribution in [-0.2, 0) is 10.0 Å². The molecule has 3 aromatic rings. The fraction of sp³-hybridized carbons (Fsp3) is 0.217. The normalized spacial score (nSPS) is 15.5. The molecule has 0 spiro atoms. The van der Waals surface area contributed by atoms with Gasteiger partial charge in [-0.05, 0) is 54.7 Å². The summed E-state index contributed by atoms with van der Waals surface area (Å²) in [6.45, 7) is 0.222. The van der Waals surface area contributed by atoms with Crippen molar-refractivity contribution in [3.8, 4) is 5.88 Å². The van der Waals surface area contributed by atoms with Crippen molar-refractivity contribution < 1.29 is 22.3 Å². The number of anilines is 2. The lowest BCUT2D eigenvalue weighted by Crippen LogP contribution is -2.38. The largest absolute Gasteiger partial charge is 0.474 e. The van der Waals surface area contributed by atoms with E-state index in [4.69, 9.17) is 16.3 Å². The number of hydrogen-bond acceptors (Lipinski definition) is 5. The molecule has 2 aliphatic rings. The first-order valence-corrected chi connectivity index (χ1v) is 12.2. The molecule has 0 unspecified atom stereocenters. The van der Waals surface area contributed by atoms with E-state index in [-0.39, 0.29) is 45.9 Å². The Labute approximate surface area is 195 Å². The first-order valence-electron chi connectivity index (χ1n) is 10.4. The molecule has 1 amide bonds. The highest BCUT2D eigenvalue weighted by atomic mass is 35.5. The predicted molar refractivity (Wildman–Crippen MR) is 122 cm³/mol. The minimum Gasteiger partial charge on any atom is -0.474 e. The average molecular weight is 488 g/mol. The molecule has 7 nitrogen and oxygen atoms in total. The van der Waals surface area contributed by atoms with Gasteiger partial charge in [-0.25, -0.2) is 17.8 Å². The molecule has 2 heterocycles. The highest BCUT2D eigenvalue weighted by Gasteiger charge is 2.33. The van der Waals surface area contributed by atoms with Gasteiger partial charge in [0.1, 0.15) is 18.1 Å². The zero-order valence-electron chi connectivity index (χ0n) is 17.3. The van der Waals surface area contributed by atoms with Crippen LogP contribution in [0.3, 0.4) is 0 Å². The standard InChI is InChI=1S/C23H19ClFN3O4S/c24-18-5-2-6-19(25)21(18)22(29)27-16-12-20-23(26-13-16)32-10-9-28(20)33(30,31)17-4-1-3-15(11-17)14-7-8-14/h1-6,11-14H,7-10H2,(H,27,29). The van der Waals surface area contributed by atoms with E-state index >= 15 is 0 Å².